The van der Waals surface area contributed by atoms with E-state index in [9.17, 15) is 0 Å². The maximum atomic E-state index is 6.33. The molecule has 4 aliphatic rings. The lowest BCUT2D eigenvalue weighted by Gasteiger charge is -2.31. The van der Waals surface area contributed by atoms with Crippen LogP contribution in [0.15, 0.2) is 72.8 Å². The molecule has 0 saturated heterocycles. The Morgan fingerprint density at radius 3 is 1.47 bits per heavy atom. The van der Waals surface area contributed by atoms with Gasteiger partial charge in [0.25, 0.3) is 0 Å². The van der Waals surface area contributed by atoms with Crippen LogP contribution < -0.4 is 35.4 Å². The number of ether oxygens (including phenoxy) is 4. The first-order chi connectivity index (χ1) is 21.3. The molecule has 0 aromatic heterocycles. The fourth-order valence-electron chi connectivity index (χ4n) is 7.31. The zero-order valence-electron chi connectivity index (χ0n) is 24.8. The number of rotatable bonds is 8. The maximum absolute atomic E-state index is 6.33. The summed E-state index contributed by atoms with van der Waals surface area (Å²) in [6, 6.07) is 27.4. The lowest BCUT2D eigenvalue weighted by molar-refractivity contribution is 0.0563. The lowest BCUT2D eigenvalue weighted by atomic mass is 9.98. The van der Waals surface area contributed by atoms with Gasteiger partial charge in [-0.25, -0.2) is 0 Å². The molecule has 4 aromatic rings. The Morgan fingerprint density at radius 2 is 0.953 bits per heavy atom. The van der Waals surface area contributed by atoms with E-state index in [1.54, 1.807) is 0 Å². The third kappa shape index (κ3) is 5.06. The van der Waals surface area contributed by atoms with Crippen LogP contribution in [0.2, 0.25) is 0 Å². The van der Waals surface area contributed by atoms with Crippen LogP contribution in [0.5, 0.6) is 17.2 Å². The predicted octanol–water partition coefficient (Wildman–Crippen LogP) is 6.08. The molecule has 2 atom stereocenters. The summed E-state index contributed by atoms with van der Waals surface area (Å²) in [4.78, 5) is 0. The first-order valence-corrected chi connectivity index (χ1v) is 18.8. The molecule has 0 spiro atoms. The summed E-state index contributed by atoms with van der Waals surface area (Å²) in [5.41, 5.74) is 6.93. The summed E-state index contributed by atoms with van der Waals surface area (Å²) in [5, 5.41) is 5.62. The van der Waals surface area contributed by atoms with Gasteiger partial charge in [0, 0.05) is 35.2 Å². The van der Waals surface area contributed by atoms with E-state index in [0.717, 1.165) is 88.1 Å². The Morgan fingerprint density at radius 1 is 0.535 bits per heavy atom. The SMILES string of the molecule is CC1OCCc2cccc(P(CCCP(c3cccc4c3OCC4)c3cccc4c3OCC4)c3cccc4c3OCC4)c21. The van der Waals surface area contributed by atoms with E-state index < -0.39 is 15.8 Å². The van der Waals surface area contributed by atoms with E-state index in [0.29, 0.717) is 0 Å². The van der Waals surface area contributed by atoms with E-state index in [4.69, 9.17) is 18.9 Å². The van der Waals surface area contributed by atoms with Gasteiger partial charge in [-0.3, -0.25) is 0 Å². The summed E-state index contributed by atoms with van der Waals surface area (Å²) >= 11 is 0. The zero-order valence-corrected chi connectivity index (χ0v) is 26.6. The van der Waals surface area contributed by atoms with E-state index in [1.165, 1.54) is 49.0 Å². The standard InChI is InChI=1S/C37H38O4P2/c1-25-34-26(15-19-38-25)7-2-11-30(34)42(31-12-3-8-27-16-20-39-35(27)31)23-6-24-43(32-13-4-9-28-17-21-40-36(28)32)33-14-5-10-29-18-22-41-37(29)33/h2-5,7-14,25H,6,15-24H2,1H3. The topological polar surface area (TPSA) is 36.9 Å². The Bertz CT molecular complexity index is 1610. The minimum Gasteiger partial charge on any atom is -0.492 e. The van der Waals surface area contributed by atoms with Crippen molar-refractivity contribution in [3.63, 3.8) is 0 Å². The normalized spacial score (nSPS) is 18.7. The van der Waals surface area contributed by atoms with Gasteiger partial charge in [0.1, 0.15) is 17.2 Å². The monoisotopic (exact) mass is 608 g/mol. The van der Waals surface area contributed by atoms with Crippen molar-refractivity contribution in [3.05, 3.63) is 101 Å². The first-order valence-electron chi connectivity index (χ1n) is 15.8. The van der Waals surface area contributed by atoms with Crippen LogP contribution in [-0.4, -0.2) is 38.8 Å². The quantitative estimate of drug-likeness (QED) is 0.227. The number of hydrogen-bond donors (Lipinski definition) is 0. The fourth-order valence-corrected chi connectivity index (χ4v) is 13.0. The molecular formula is C37H38O4P2. The van der Waals surface area contributed by atoms with Gasteiger partial charge in [-0.1, -0.05) is 72.8 Å². The van der Waals surface area contributed by atoms with Crippen molar-refractivity contribution >= 4 is 37.1 Å². The fraction of sp³-hybridized carbons (Fsp3) is 0.351. The molecule has 0 aliphatic carbocycles. The molecule has 0 radical (unpaired) electrons. The van der Waals surface area contributed by atoms with Crippen LogP contribution >= 0.6 is 15.8 Å². The molecule has 0 N–H and O–H groups in total. The van der Waals surface area contributed by atoms with Crippen LogP contribution in [-0.2, 0) is 30.4 Å². The Kier molecular flexibility index (Phi) is 7.64. The van der Waals surface area contributed by atoms with Crippen molar-refractivity contribution in [3.8, 4) is 17.2 Å². The lowest BCUT2D eigenvalue weighted by Crippen LogP contribution is -2.26. The molecule has 4 nitrogen and oxygen atoms in total. The maximum Gasteiger partial charge on any atom is 0.130 e. The summed E-state index contributed by atoms with van der Waals surface area (Å²) < 4.78 is 25.1. The molecule has 0 saturated carbocycles. The average molecular weight is 609 g/mol. The number of hydrogen-bond acceptors (Lipinski definition) is 4. The van der Waals surface area contributed by atoms with Gasteiger partial charge in [-0.2, -0.15) is 0 Å². The highest BCUT2D eigenvalue weighted by molar-refractivity contribution is 7.74. The predicted molar refractivity (Wildman–Crippen MR) is 178 cm³/mol. The number of para-hydroxylation sites is 3. The summed E-state index contributed by atoms with van der Waals surface area (Å²) in [6.07, 6.45) is 7.44. The molecule has 6 heteroatoms. The van der Waals surface area contributed by atoms with E-state index >= 15 is 0 Å². The molecular weight excluding hydrogens is 570 g/mol. The summed E-state index contributed by atoms with van der Waals surface area (Å²) in [5.74, 6) is 3.40. The third-order valence-corrected chi connectivity index (χ3v) is 14.6. The van der Waals surface area contributed by atoms with Crippen molar-refractivity contribution < 1.29 is 18.9 Å². The molecule has 220 valence electrons. The number of benzene rings is 4. The highest BCUT2D eigenvalue weighted by atomic mass is 31.1. The number of fused-ring (bicyclic) bond motifs is 4. The van der Waals surface area contributed by atoms with Crippen LogP contribution in [0.1, 0.15) is 47.3 Å². The van der Waals surface area contributed by atoms with Gasteiger partial charge in [-0.05, 0) is 81.1 Å². The van der Waals surface area contributed by atoms with Crippen molar-refractivity contribution in [2.45, 2.75) is 45.1 Å². The molecule has 0 bridgehead atoms. The van der Waals surface area contributed by atoms with Gasteiger partial charge in [0.2, 0.25) is 0 Å². The van der Waals surface area contributed by atoms with Gasteiger partial charge < -0.3 is 18.9 Å². The van der Waals surface area contributed by atoms with Gasteiger partial charge >= 0.3 is 0 Å². The summed E-state index contributed by atoms with van der Waals surface area (Å²) in [7, 11) is -1.27. The average Bonchev–Trinajstić information content (AvgIpc) is 3.82. The molecule has 0 amide bonds. The highest BCUT2D eigenvalue weighted by Gasteiger charge is 2.31. The summed E-state index contributed by atoms with van der Waals surface area (Å²) in [6.45, 7) is 5.37. The molecule has 4 heterocycles. The molecule has 2 unspecified atom stereocenters. The van der Waals surface area contributed by atoms with E-state index in [2.05, 4.69) is 79.7 Å². The third-order valence-electron chi connectivity index (χ3n) is 9.33. The Labute approximate surface area is 257 Å². The van der Waals surface area contributed by atoms with E-state index in [-0.39, 0.29) is 6.10 Å². The van der Waals surface area contributed by atoms with Crippen molar-refractivity contribution in [2.75, 3.05) is 38.8 Å². The van der Waals surface area contributed by atoms with E-state index in [1.807, 2.05) is 0 Å². The minimum absolute atomic E-state index is 0.118. The minimum atomic E-state index is -0.644. The van der Waals surface area contributed by atoms with Crippen molar-refractivity contribution in [1.29, 1.82) is 0 Å². The Hall–Kier alpha value is -2.90. The zero-order chi connectivity index (χ0) is 28.8. The van der Waals surface area contributed by atoms with Crippen LogP contribution in [0.4, 0.5) is 0 Å². The second-order valence-corrected chi connectivity index (χ2v) is 16.4. The van der Waals surface area contributed by atoms with Gasteiger partial charge in [-0.15, -0.1) is 0 Å². The van der Waals surface area contributed by atoms with Crippen LogP contribution in [0, 0.1) is 0 Å². The van der Waals surface area contributed by atoms with Crippen LogP contribution in [0.25, 0.3) is 0 Å². The highest BCUT2D eigenvalue weighted by Crippen LogP contribution is 2.48. The smallest absolute Gasteiger partial charge is 0.130 e. The molecule has 43 heavy (non-hydrogen) atoms. The van der Waals surface area contributed by atoms with Gasteiger partial charge in [0.15, 0.2) is 0 Å². The Balaban J connectivity index is 1.17. The van der Waals surface area contributed by atoms with Crippen LogP contribution in [0.3, 0.4) is 0 Å². The second kappa shape index (κ2) is 11.9. The molecule has 4 aliphatic heterocycles. The van der Waals surface area contributed by atoms with Crippen molar-refractivity contribution in [1.82, 2.24) is 0 Å². The second-order valence-electron chi connectivity index (χ2n) is 11.9. The molecule has 0 fully saturated rings. The molecule has 8 rings (SSSR count). The van der Waals surface area contributed by atoms with Crippen molar-refractivity contribution in [2.24, 2.45) is 0 Å². The van der Waals surface area contributed by atoms with Gasteiger partial charge in [0.05, 0.1) is 32.5 Å². The molecule has 4 aromatic carbocycles. The first kappa shape index (κ1) is 27.6. The largest absolute Gasteiger partial charge is 0.492 e.